The molecule has 1 amide bonds. The van der Waals surface area contributed by atoms with Crippen molar-refractivity contribution in [3.8, 4) is 0 Å². The average molecular weight is 311 g/mol. The summed E-state index contributed by atoms with van der Waals surface area (Å²) in [7, 11) is -2.15. The summed E-state index contributed by atoms with van der Waals surface area (Å²) in [6.07, 6.45) is 0. The van der Waals surface area contributed by atoms with Crippen LogP contribution in [0, 0.1) is 6.92 Å². The van der Waals surface area contributed by atoms with Gasteiger partial charge in [-0.05, 0) is 32.4 Å². The molecule has 1 aromatic rings. The number of nitrogens with two attached hydrogens (primary N) is 1. The van der Waals surface area contributed by atoms with E-state index in [0.29, 0.717) is 12.1 Å². The number of rotatable bonds is 2. The number of carbonyl (C=O) groups is 1. The Kier molecular flexibility index (Phi) is 3.75. The van der Waals surface area contributed by atoms with Crippen molar-refractivity contribution in [2.45, 2.75) is 31.2 Å². The van der Waals surface area contributed by atoms with Crippen molar-refractivity contribution in [2.75, 3.05) is 25.9 Å². The predicted molar refractivity (Wildman–Crippen MR) is 81.2 cm³/mol. The Labute approximate surface area is 125 Å². The molecule has 0 atom stereocenters. The molecule has 1 aliphatic heterocycles. The minimum atomic E-state index is -3.83. The topological polar surface area (TPSA) is 83.7 Å². The lowest BCUT2D eigenvalue weighted by molar-refractivity contribution is -0.142. The molecule has 0 unspecified atom stereocenters. The second-order valence-corrected chi connectivity index (χ2v) is 7.66. The fourth-order valence-corrected chi connectivity index (χ4v) is 4.82. The van der Waals surface area contributed by atoms with Gasteiger partial charge in [-0.3, -0.25) is 4.79 Å². The molecule has 21 heavy (non-hydrogen) atoms. The summed E-state index contributed by atoms with van der Waals surface area (Å²) in [5.74, 6) is -0.218. The van der Waals surface area contributed by atoms with E-state index in [0.717, 1.165) is 0 Å². The molecule has 1 saturated heterocycles. The smallest absolute Gasteiger partial charge is 0.246 e. The van der Waals surface area contributed by atoms with E-state index in [1.54, 1.807) is 50.9 Å². The van der Waals surface area contributed by atoms with E-state index in [1.807, 2.05) is 0 Å². The van der Waals surface area contributed by atoms with Crippen LogP contribution in [0.1, 0.15) is 19.4 Å². The summed E-state index contributed by atoms with van der Waals surface area (Å²) in [4.78, 5) is 13.9. The molecule has 0 saturated carbocycles. The molecule has 0 radical (unpaired) electrons. The van der Waals surface area contributed by atoms with Gasteiger partial charge in [0, 0.05) is 20.1 Å². The number of piperazine rings is 1. The zero-order valence-electron chi connectivity index (χ0n) is 12.8. The standard InChI is InChI=1S/C14H21N3O3S/c1-10-6-5-7-11(15)12(10)21(19,20)17-9-8-16(4)13(18)14(17,2)3/h5-7H,8-9,15H2,1-4H3. The average Bonchev–Trinajstić information content (AvgIpc) is 2.35. The number of hydrogen-bond donors (Lipinski definition) is 1. The van der Waals surface area contributed by atoms with Gasteiger partial charge in [-0.15, -0.1) is 0 Å². The Balaban J connectivity index is 2.57. The maximum atomic E-state index is 13.0. The normalized spacial score (nSPS) is 19.8. The number of anilines is 1. The van der Waals surface area contributed by atoms with Crippen molar-refractivity contribution in [1.82, 2.24) is 9.21 Å². The van der Waals surface area contributed by atoms with Crippen LogP contribution in [0.4, 0.5) is 5.69 Å². The number of benzene rings is 1. The van der Waals surface area contributed by atoms with Crippen molar-refractivity contribution in [1.29, 1.82) is 0 Å². The van der Waals surface area contributed by atoms with Crippen molar-refractivity contribution in [3.63, 3.8) is 0 Å². The van der Waals surface area contributed by atoms with Gasteiger partial charge in [-0.2, -0.15) is 4.31 Å². The highest BCUT2D eigenvalue weighted by atomic mass is 32.2. The monoisotopic (exact) mass is 311 g/mol. The van der Waals surface area contributed by atoms with Gasteiger partial charge in [-0.25, -0.2) is 8.42 Å². The van der Waals surface area contributed by atoms with E-state index < -0.39 is 15.6 Å². The second kappa shape index (κ2) is 4.99. The third kappa shape index (κ3) is 2.40. The predicted octanol–water partition coefficient (Wildman–Crippen LogP) is 0.819. The summed E-state index contributed by atoms with van der Waals surface area (Å²) in [6, 6.07) is 4.98. The number of nitrogens with zero attached hydrogens (tertiary/aromatic N) is 2. The van der Waals surface area contributed by atoms with Crippen molar-refractivity contribution < 1.29 is 13.2 Å². The quantitative estimate of drug-likeness (QED) is 0.820. The second-order valence-electron chi connectivity index (χ2n) is 5.86. The Morgan fingerprint density at radius 3 is 2.43 bits per heavy atom. The number of aryl methyl sites for hydroxylation is 1. The molecule has 2 rings (SSSR count). The maximum Gasteiger partial charge on any atom is 0.246 e. The molecule has 0 aromatic heterocycles. The zero-order valence-corrected chi connectivity index (χ0v) is 13.6. The van der Waals surface area contributed by atoms with Crippen LogP contribution in [0.2, 0.25) is 0 Å². The van der Waals surface area contributed by atoms with Crippen molar-refractivity contribution >= 4 is 21.6 Å². The van der Waals surface area contributed by atoms with Crippen LogP contribution < -0.4 is 5.73 Å². The van der Waals surface area contributed by atoms with E-state index in [2.05, 4.69) is 0 Å². The highest BCUT2D eigenvalue weighted by Gasteiger charge is 2.47. The van der Waals surface area contributed by atoms with Crippen LogP contribution in [-0.2, 0) is 14.8 Å². The largest absolute Gasteiger partial charge is 0.398 e. The molecule has 7 heteroatoms. The van der Waals surface area contributed by atoms with E-state index >= 15 is 0 Å². The van der Waals surface area contributed by atoms with E-state index in [9.17, 15) is 13.2 Å². The van der Waals surface area contributed by atoms with Crippen LogP contribution >= 0.6 is 0 Å². The van der Waals surface area contributed by atoms with Crippen molar-refractivity contribution in [2.24, 2.45) is 0 Å². The Morgan fingerprint density at radius 2 is 1.86 bits per heavy atom. The molecule has 2 N–H and O–H groups in total. The van der Waals surface area contributed by atoms with Crippen molar-refractivity contribution in [3.05, 3.63) is 23.8 Å². The minimum absolute atomic E-state index is 0.0930. The van der Waals surface area contributed by atoms with Gasteiger partial charge in [0.05, 0.1) is 5.69 Å². The first-order valence-corrected chi connectivity index (χ1v) is 8.17. The van der Waals surface area contributed by atoms with E-state index in [4.69, 9.17) is 5.73 Å². The summed E-state index contributed by atoms with van der Waals surface area (Å²) < 4.78 is 27.2. The van der Waals surface area contributed by atoms with Gasteiger partial charge in [0.1, 0.15) is 10.4 Å². The number of hydrogen-bond acceptors (Lipinski definition) is 4. The minimum Gasteiger partial charge on any atom is -0.398 e. The molecule has 1 aliphatic rings. The molecule has 116 valence electrons. The first kappa shape index (κ1) is 15.8. The van der Waals surface area contributed by atoms with Crippen LogP contribution in [0.25, 0.3) is 0 Å². The Hall–Kier alpha value is -1.60. The van der Waals surface area contributed by atoms with Gasteiger partial charge in [-0.1, -0.05) is 12.1 Å². The van der Waals surface area contributed by atoms with E-state index in [-0.39, 0.29) is 23.0 Å². The number of carbonyl (C=O) groups excluding carboxylic acids is 1. The summed E-state index contributed by atoms with van der Waals surface area (Å²) in [5.41, 5.74) is 5.53. The van der Waals surface area contributed by atoms with Crippen LogP contribution in [0.15, 0.2) is 23.1 Å². The van der Waals surface area contributed by atoms with Gasteiger partial charge in [0.15, 0.2) is 0 Å². The first-order valence-electron chi connectivity index (χ1n) is 6.73. The lowest BCUT2D eigenvalue weighted by Gasteiger charge is -2.43. The molecule has 0 spiro atoms. The third-order valence-electron chi connectivity index (χ3n) is 3.92. The summed E-state index contributed by atoms with van der Waals surface area (Å²) in [6.45, 7) is 5.57. The molecular formula is C14H21N3O3S. The Bertz CT molecular complexity index is 662. The maximum absolute atomic E-state index is 13.0. The highest BCUT2D eigenvalue weighted by Crippen LogP contribution is 2.32. The molecule has 1 fully saturated rings. The molecule has 1 aromatic carbocycles. The van der Waals surface area contributed by atoms with Gasteiger partial charge in [0.2, 0.25) is 15.9 Å². The number of likely N-dealkylation sites (N-methyl/N-ethyl adjacent to an activating group) is 1. The molecule has 0 bridgehead atoms. The molecule has 6 nitrogen and oxygen atoms in total. The number of nitrogen functional groups attached to an aromatic ring is 1. The summed E-state index contributed by atoms with van der Waals surface area (Å²) >= 11 is 0. The highest BCUT2D eigenvalue weighted by molar-refractivity contribution is 7.89. The Morgan fingerprint density at radius 1 is 1.24 bits per heavy atom. The van der Waals surface area contributed by atoms with Crippen LogP contribution in [0.3, 0.4) is 0 Å². The lowest BCUT2D eigenvalue weighted by Crippen LogP contribution is -2.63. The summed E-state index contributed by atoms with van der Waals surface area (Å²) in [5, 5.41) is 0. The molecular weight excluding hydrogens is 290 g/mol. The number of sulfonamides is 1. The van der Waals surface area contributed by atoms with Crippen LogP contribution in [-0.4, -0.2) is 49.2 Å². The van der Waals surface area contributed by atoms with Gasteiger partial charge < -0.3 is 10.6 Å². The first-order chi connectivity index (χ1) is 9.60. The van der Waals surface area contributed by atoms with Crippen LogP contribution in [0.5, 0.6) is 0 Å². The zero-order chi connectivity index (χ0) is 16.0. The van der Waals surface area contributed by atoms with Gasteiger partial charge in [0.25, 0.3) is 0 Å². The third-order valence-corrected chi connectivity index (χ3v) is 6.22. The fraction of sp³-hybridized carbons (Fsp3) is 0.500. The SMILES string of the molecule is Cc1cccc(N)c1S(=O)(=O)N1CCN(C)C(=O)C1(C)C. The fourth-order valence-electron chi connectivity index (χ4n) is 2.75. The molecule has 1 heterocycles. The molecule has 0 aliphatic carbocycles. The number of amides is 1. The lowest BCUT2D eigenvalue weighted by atomic mass is 10.0. The van der Waals surface area contributed by atoms with E-state index in [1.165, 1.54) is 4.31 Å². The van der Waals surface area contributed by atoms with Gasteiger partial charge >= 0.3 is 0 Å².